The minimum Gasteiger partial charge on any atom is -0.423 e. The quantitative estimate of drug-likeness (QED) is 0.781. The molecule has 1 aromatic heterocycles. The maximum atomic E-state index is 12.5. The first kappa shape index (κ1) is 18.2. The Bertz CT molecular complexity index is 914. The number of nitrogens with zero attached hydrogens (tertiary/aromatic N) is 2. The molecule has 0 unspecified atom stereocenters. The summed E-state index contributed by atoms with van der Waals surface area (Å²) in [6.45, 7) is 8.26. The van der Waals surface area contributed by atoms with Crippen LogP contribution >= 0.6 is 0 Å². The largest absolute Gasteiger partial charge is 0.423 e. The van der Waals surface area contributed by atoms with Crippen LogP contribution in [-0.4, -0.2) is 41.9 Å². The van der Waals surface area contributed by atoms with Gasteiger partial charge in [0.15, 0.2) is 0 Å². The summed E-state index contributed by atoms with van der Waals surface area (Å²) in [5, 5.41) is 1.02. The molecule has 1 amide bonds. The van der Waals surface area contributed by atoms with E-state index in [2.05, 4.69) is 22.8 Å². The van der Waals surface area contributed by atoms with Gasteiger partial charge in [-0.3, -0.25) is 9.69 Å². The SMILES string of the molecule is Cc1cc2oc(=O)cc(CN3CCCN(C(=O)C4CCC4)CC3)c2cc1C. The second kappa shape index (κ2) is 7.47. The van der Waals surface area contributed by atoms with Crippen LogP contribution in [-0.2, 0) is 11.3 Å². The van der Waals surface area contributed by atoms with Crippen molar-refractivity contribution < 1.29 is 9.21 Å². The summed E-state index contributed by atoms with van der Waals surface area (Å²) < 4.78 is 5.42. The first-order chi connectivity index (χ1) is 13.0. The van der Waals surface area contributed by atoms with Gasteiger partial charge in [0.2, 0.25) is 5.91 Å². The molecule has 0 atom stereocenters. The van der Waals surface area contributed by atoms with Gasteiger partial charge < -0.3 is 9.32 Å². The zero-order valence-corrected chi connectivity index (χ0v) is 16.3. The van der Waals surface area contributed by atoms with Crippen molar-refractivity contribution in [3.8, 4) is 0 Å². The summed E-state index contributed by atoms with van der Waals surface area (Å²) in [6, 6.07) is 5.70. The van der Waals surface area contributed by atoms with E-state index in [9.17, 15) is 9.59 Å². The number of rotatable bonds is 3. The first-order valence-corrected chi connectivity index (χ1v) is 10.1. The molecule has 2 heterocycles. The summed E-state index contributed by atoms with van der Waals surface area (Å²) in [6.07, 6.45) is 4.29. The first-order valence-electron chi connectivity index (χ1n) is 10.1. The van der Waals surface area contributed by atoms with Crippen molar-refractivity contribution in [1.29, 1.82) is 0 Å². The van der Waals surface area contributed by atoms with Gasteiger partial charge >= 0.3 is 5.63 Å². The molecule has 4 rings (SSSR count). The van der Waals surface area contributed by atoms with Gasteiger partial charge in [-0.1, -0.05) is 6.42 Å². The minimum absolute atomic E-state index is 0.269. The van der Waals surface area contributed by atoms with Crippen LogP contribution in [0.15, 0.2) is 27.4 Å². The van der Waals surface area contributed by atoms with Crippen molar-refractivity contribution >= 4 is 16.9 Å². The zero-order valence-electron chi connectivity index (χ0n) is 16.3. The predicted molar refractivity (Wildman–Crippen MR) is 106 cm³/mol. The lowest BCUT2D eigenvalue weighted by molar-refractivity contribution is -0.138. The fourth-order valence-corrected chi connectivity index (χ4v) is 4.12. The second-order valence-electron chi connectivity index (χ2n) is 8.11. The Balaban J connectivity index is 1.51. The average Bonchev–Trinajstić information content (AvgIpc) is 2.80. The molecule has 1 aromatic carbocycles. The molecule has 1 saturated carbocycles. The van der Waals surface area contributed by atoms with Crippen molar-refractivity contribution in [2.24, 2.45) is 5.92 Å². The second-order valence-corrected chi connectivity index (χ2v) is 8.11. The lowest BCUT2D eigenvalue weighted by Gasteiger charge is -2.31. The molecule has 5 nitrogen and oxygen atoms in total. The van der Waals surface area contributed by atoms with Crippen LogP contribution in [0.3, 0.4) is 0 Å². The van der Waals surface area contributed by atoms with E-state index in [4.69, 9.17) is 4.42 Å². The number of amides is 1. The van der Waals surface area contributed by atoms with E-state index < -0.39 is 0 Å². The summed E-state index contributed by atoms with van der Waals surface area (Å²) in [4.78, 5) is 29.0. The Morgan fingerprint density at radius 1 is 1.04 bits per heavy atom. The van der Waals surface area contributed by atoms with Gasteiger partial charge in [0.25, 0.3) is 0 Å². The van der Waals surface area contributed by atoms with Crippen molar-refractivity contribution in [1.82, 2.24) is 9.80 Å². The molecule has 144 valence electrons. The number of carbonyl (C=O) groups excluding carboxylic acids is 1. The van der Waals surface area contributed by atoms with E-state index in [1.54, 1.807) is 6.07 Å². The normalized spacial score (nSPS) is 19.1. The van der Waals surface area contributed by atoms with Gasteiger partial charge in [-0.2, -0.15) is 0 Å². The summed E-state index contributed by atoms with van der Waals surface area (Å²) >= 11 is 0. The fraction of sp³-hybridized carbons (Fsp3) is 0.545. The summed E-state index contributed by atoms with van der Waals surface area (Å²) in [5.74, 6) is 0.616. The van der Waals surface area contributed by atoms with E-state index in [0.717, 1.165) is 68.5 Å². The lowest BCUT2D eigenvalue weighted by atomic mass is 9.84. The topological polar surface area (TPSA) is 53.8 Å². The molecule has 0 N–H and O–H groups in total. The fourth-order valence-electron chi connectivity index (χ4n) is 4.12. The average molecular weight is 368 g/mol. The Labute approximate surface area is 159 Å². The Morgan fingerprint density at radius 2 is 1.81 bits per heavy atom. The predicted octanol–water partition coefficient (Wildman–Crippen LogP) is 3.24. The highest BCUT2D eigenvalue weighted by atomic mass is 16.4. The smallest absolute Gasteiger partial charge is 0.336 e. The molecule has 27 heavy (non-hydrogen) atoms. The standard InChI is InChI=1S/C22H28N2O3/c1-15-11-19-18(13-21(25)27-20(19)12-16(15)2)14-23-7-4-8-24(10-9-23)22(26)17-5-3-6-17/h11-13,17H,3-10,14H2,1-2H3. The van der Waals surface area contributed by atoms with Crippen molar-refractivity contribution in [3.63, 3.8) is 0 Å². The molecule has 1 saturated heterocycles. The molecule has 5 heteroatoms. The number of fused-ring (bicyclic) bond motifs is 1. The van der Waals surface area contributed by atoms with Gasteiger partial charge in [-0.05, 0) is 61.9 Å². The Hall–Kier alpha value is -2.14. The monoisotopic (exact) mass is 368 g/mol. The van der Waals surface area contributed by atoms with Crippen molar-refractivity contribution in [2.75, 3.05) is 26.2 Å². The molecular formula is C22H28N2O3. The van der Waals surface area contributed by atoms with E-state index in [1.165, 1.54) is 12.0 Å². The van der Waals surface area contributed by atoms with Crippen LogP contribution in [0.2, 0.25) is 0 Å². The van der Waals surface area contributed by atoms with Crippen LogP contribution in [0, 0.1) is 19.8 Å². The van der Waals surface area contributed by atoms with E-state index in [0.29, 0.717) is 11.5 Å². The molecule has 1 aliphatic carbocycles. The van der Waals surface area contributed by atoms with E-state index in [-0.39, 0.29) is 11.5 Å². The number of hydrogen-bond donors (Lipinski definition) is 0. The summed E-state index contributed by atoms with van der Waals surface area (Å²) in [5.41, 5.74) is 3.71. The van der Waals surface area contributed by atoms with Crippen LogP contribution in [0.25, 0.3) is 11.0 Å². The van der Waals surface area contributed by atoms with E-state index >= 15 is 0 Å². The molecule has 1 aliphatic heterocycles. The maximum Gasteiger partial charge on any atom is 0.336 e. The van der Waals surface area contributed by atoms with Crippen LogP contribution in [0.4, 0.5) is 0 Å². The van der Waals surface area contributed by atoms with Gasteiger partial charge in [0.05, 0.1) is 0 Å². The molecular weight excluding hydrogens is 340 g/mol. The highest BCUT2D eigenvalue weighted by molar-refractivity contribution is 5.82. The molecule has 2 fully saturated rings. The van der Waals surface area contributed by atoms with Gasteiger partial charge in [-0.25, -0.2) is 4.79 Å². The molecule has 0 radical (unpaired) electrons. The molecule has 0 spiro atoms. The highest BCUT2D eigenvalue weighted by Gasteiger charge is 2.30. The van der Waals surface area contributed by atoms with Gasteiger partial charge in [-0.15, -0.1) is 0 Å². The van der Waals surface area contributed by atoms with Crippen molar-refractivity contribution in [3.05, 3.63) is 45.3 Å². The van der Waals surface area contributed by atoms with Gasteiger partial charge in [0, 0.05) is 50.1 Å². The molecule has 0 bridgehead atoms. The van der Waals surface area contributed by atoms with Gasteiger partial charge in [0.1, 0.15) is 5.58 Å². The Morgan fingerprint density at radius 3 is 2.56 bits per heavy atom. The number of aryl methyl sites for hydroxylation is 2. The van der Waals surface area contributed by atoms with E-state index in [1.807, 2.05) is 13.0 Å². The number of carbonyl (C=O) groups is 1. The van der Waals surface area contributed by atoms with Crippen LogP contribution in [0.1, 0.15) is 42.4 Å². The third-order valence-electron chi connectivity index (χ3n) is 6.19. The van der Waals surface area contributed by atoms with Crippen LogP contribution < -0.4 is 5.63 Å². The Kier molecular flexibility index (Phi) is 5.04. The highest BCUT2D eigenvalue weighted by Crippen LogP contribution is 2.29. The lowest BCUT2D eigenvalue weighted by Crippen LogP contribution is -2.41. The van der Waals surface area contributed by atoms with Crippen LogP contribution in [0.5, 0.6) is 0 Å². The third kappa shape index (κ3) is 3.79. The summed E-state index contributed by atoms with van der Waals surface area (Å²) in [7, 11) is 0. The van der Waals surface area contributed by atoms with Crippen molar-refractivity contribution in [2.45, 2.75) is 46.1 Å². The minimum atomic E-state index is -0.294. The third-order valence-corrected chi connectivity index (χ3v) is 6.19. The maximum absolute atomic E-state index is 12.5. The molecule has 2 aliphatic rings. The number of hydrogen-bond acceptors (Lipinski definition) is 4. The zero-order chi connectivity index (χ0) is 19.0. The molecule has 2 aromatic rings. The number of benzene rings is 1.